The van der Waals surface area contributed by atoms with Crippen LogP contribution < -0.4 is 5.32 Å². The zero-order chi connectivity index (χ0) is 12.8. The van der Waals surface area contributed by atoms with Crippen LogP contribution in [-0.2, 0) is 4.74 Å². The van der Waals surface area contributed by atoms with E-state index in [9.17, 15) is 5.11 Å². The minimum Gasteiger partial charge on any atom is -0.395 e. The minimum atomic E-state index is 0.253. The summed E-state index contributed by atoms with van der Waals surface area (Å²) in [5, 5.41) is 12.9. The molecule has 0 aromatic heterocycles. The lowest BCUT2D eigenvalue weighted by Crippen LogP contribution is -2.47. The van der Waals surface area contributed by atoms with Gasteiger partial charge in [0.05, 0.1) is 19.8 Å². The van der Waals surface area contributed by atoms with Crippen LogP contribution in [0.15, 0.2) is 0 Å². The highest BCUT2D eigenvalue weighted by atomic mass is 16.5. The maximum atomic E-state index is 9.49. The van der Waals surface area contributed by atoms with Gasteiger partial charge in [0, 0.05) is 45.3 Å². The number of aliphatic hydroxyl groups is 1. The Morgan fingerprint density at radius 3 is 2.72 bits per heavy atom. The lowest BCUT2D eigenvalue weighted by Gasteiger charge is -2.33. The molecule has 2 unspecified atom stereocenters. The van der Waals surface area contributed by atoms with Crippen molar-refractivity contribution in [2.75, 3.05) is 65.6 Å². The van der Waals surface area contributed by atoms with E-state index in [1.54, 1.807) is 0 Å². The van der Waals surface area contributed by atoms with E-state index < -0.39 is 0 Å². The van der Waals surface area contributed by atoms with Gasteiger partial charge in [-0.3, -0.25) is 9.80 Å². The van der Waals surface area contributed by atoms with Crippen molar-refractivity contribution in [2.45, 2.75) is 13.0 Å². The Bertz CT molecular complexity index is 234. The molecule has 0 aromatic carbocycles. The molecule has 2 N–H and O–H groups in total. The maximum absolute atomic E-state index is 9.49. The molecule has 0 radical (unpaired) electrons. The van der Waals surface area contributed by atoms with Crippen LogP contribution in [0.4, 0.5) is 0 Å². The smallest absolute Gasteiger partial charge is 0.0599 e. The molecule has 0 spiro atoms. The number of nitrogens with one attached hydrogen (secondary N) is 1. The first-order valence-corrected chi connectivity index (χ1v) is 7.15. The molecule has 18 heavy (non-hydrogen) atoms. The molecule has 0 amide bonds. The molecular weight excluding hydrogens is 230 g/mol. The Morgan fingerprint density at radius 2 is 2.00 bits per heavy atom. The van der Waals surface area contributed by atoms with Gasteiger partial charge in [0.1, 0.15) is 0 Å². The summed E-state index contributed by atoms with van der Waals surface area (Å²) in [7, 11) is 0. The predicted octanol–water partition coefficient (Wildman–Crippen LogP) is -0.779. The van der Waals surface area contributed by atoms with E-state index in [0.29, 0.717) is 5.92 Å². The van der Waals surface area contributed by atoms with Crippen LogP contribution in [-0.4, -0.2) is 86.6 Å². The fourth-order valence-electron chi connectivity index (χ4n) is 2.79. The molecule has 5 heteroatoms. The van der Waals surface area contributed by atoms with Crippen LogP contribution in [0.25, 0.3) is 0 Å². The second-order valence-corrected chi connectivity index (χ2v) is 5.55. The molecule has 0 aliphatic carbocycles. The second kappa shape index (κ2) is 7.40. The number of hydrogen-bond donors (Lipinski definition) is 2. The molecule has 2 heterocycles. The minimum absolute atomic E-state index is 0.253. The lowest BCUT2D eigenvalue weighted by atomic mass is 10.1. The second-order valence-electron chi connectivity index (χ2n) is 5.55. The molecular formula is C13H27N3O2. The molecule has 2 saturated heterocycles. The van der Waals surface area contributed by atoms with Crippen LogP contribution in [0.5, 0.6) is 0 Å². The van der Waals surface area contributed by atoms with E-state index in [2.05, 4.69) is 22.0 Å². The third-order valence-electron chi connectivity index (χ3n) is 3.95. The number of hydrogen-bond acceptors (Lipinski definition) is 5. The van der Waals surface area contributed by atoms with Crippen LogP contribution in [0.2, 0.25) is 0 Å². The van der Waals surface area contributed by atoms with Crippen LogP contribution >= 0.6 is 0 Å². The van der Waals surface area contributed by atoms with E-state index in [1.165, 1.54) is 0 Å². The largest absolute Gasteiger partial charge is 0.395 e. The van der Waals surface area contributed by atoms with Gasteiger partial charge in [0.15, 0.2) is 0 Å². The lowest BCUT2D eigenvalue weighted by molar-refractivity contribution is 0.0280. The molecule has 2 atom stereocenters. The SMILES string of the molecule is CC1CNCC(CO)N(CCN2CCOCC2)C1. The molecule has 2 fully saturated rings. The van der Waals surface area contributed by atoms with E-state index >= 15 is 0 Å². The quantitative estimate of drug-likeness (QED) is 0.692. The number of morpholine rings is 1. The highest BCUT2D eigenvalue weighted by Gasteiger charge is 2.23. The number of ether oxygens (including phenoxy) is 1. The third-order valence-corrected chi connectivity index (χ3v) is 3.95. The highest BCUT2D eigenvalue weighted by Crippen LogP contribution is 2.09. The Kier molecular flexibility index (Phi) is 5.85. The Hall–Kier alpha value is -0.200. The summed E-state index contributed by atoms with van der Waals surface area (Å²) >= 11 is 0. The Labute approximate surface area is 110 Å². The summed E-state index contributed by atoms with van der Waals surface area (Å²) in [5.41, 5.74) is 0. The topological polar surface area (TPSA) is 48.0 Å². The van der Waals surface area contributed by atoms with Gasteiger partial charge in [-0.25, -0.2) is 0 Å². The van der Waals surface area contributed by atoms with Crippen molar-refractivity contribution in [1.82, 2.24) is 15.1 Å². The van der Waals surface area contributed by atoms with Crippen LogP contribution in [0.3, 0.4) is 0 Å². The number of rotatable bonds is 4. The maximum Gasteiger partial charge on any atom is 0.0599 e. The summed E-state index contributed by atoms with van der Waals surface area (Å²) in [6.45, 7) is 11.5. The standard InChI is InChI=1S/C13H27N3O2/c1-12-8-14-9-13(11-17)16(10-12)3-2-15-4-6-18-7-5-15/h12-14,17H,2-11H2,1H3. The molecule has 2 rings (SSSR count). The fraction of sp³-hybridized carbons (Fsp3) is 1.00. The summed E-state index contributed by atoms with van der Waals surface area (Å²) in [6, 6.07) is 0.274. The zero-order valence-corrected chi connectivity index (χ0v) is 11.5. The van der Waals surface area contributed by atoms with Crippen molar-refractivity contribution in [2.24, 2.45) is 5.92 Å². The molecule has 2 aliphatic heterocycles. The van der Waals surface area contributed by atoms with Crippen molar-refractivity contribution < 1.29 is 9.84 Å². The average Bonchev–Trinajstić information content (AvgIpc) is 2.58. The van der Waals surface area contributed by atoms with E-state index in [-0.39, 0.29) is 12.6 Å². The van der Waals surface area contributed by atoms with Gasteiger partial charge in [-0.2, -0.15) is 0 Å². The van der Waals surface area contributed by atoms with Gasteiger partial charge in [-0.1, -0.05) is 6.92 Å². The van der Waals surface area contributed by atoms with E-state index in [4.69, 9.17) is 4.74 Å². The molecule has 0 saturated carbocycles. The molecule has 0 bridgehead atoms. The average molecular weight is 257 g/mol. The first kappa shape index (κ1) is 14.2. The number of nitrogens with zero attached hydrogens (tertiary/aromatic N) is 2. The highest BCUT2D eigenvalue weighted by molar-refractivity contribution is 4.81. The van der Waals surface area contributed by atoms with Crippen molar-refractivity contribution in [3.63, 3.8) is 0 Å². The van der Waals surface area contributed by atoms with E-state index in [1.807, 2.05) is 0 Å². The van der Waals surface area contributed by atoms with Crippen molar-refractivity contribution in [3.05, 3.63) is 0 Å². The van der Waals surface area contributed by atoms with Crippen molar-refractivity contribution in [3.8, 4) is 0 Å². The molecule has 5 nitrogen and oxygen atoms in total. The van der Waals surface area contributed by atoms with Gasteiger partial charge in [-0.15, -0.1) is 0 Å². The summed E-state index contributed by atoms with van der Waals surface area (Å²) in [4.78, 5) is 4.90. The molecule has 0 aromatic rings. The first-order chi connectivity index (χ1) is 8.79. The van der Waals surface area contributed by atoms with Gasteiger partial charge < -0.3 is 15.2 Å². The summed E-state index contributed by atoms with van der Waals surface area (Å²) in [5.74, 6) is 0.659. The van der Waals surface area contributed by atoms with Crippen LogP contribution in [0, 0.1) is 5.92 Å². The zero-order valence-electron chi connectivity index (χ0n) is 11.5. The Balaban J connectivity index is 1.79. The van der Waals surface area contributed by atoms with Gasteiger partial charge in [0.25, 0.3) is 0 Å². The first-order valence-electron chi connectivity index (χ1n) is 7.15. The summed E-state index contributed by atoms with van der Waals surface area (Å²) < 4.78 is 5.37. The fourth-order valence-corrected chi connectivity index (χ4v) is 2.79. The number of aliphatic hydroxyl groups excluding tert-OH is 1. The Morgan fingerprint density at radius 1 is 1.22 bits per heavy atom. The molecule has 106 valence electrons. The predicted molar refractivity (Wildman–Crippen MR) is 71.7 cm³/mol. The van der Waals surface area contributed by atoms with Gasteiger partial charge >= 0.3 is 0 Å². The van der Waals surface area contributed by atoms with Gasteiger partial charge in [0.2, 0.25) is 0 Å². The van der Waals surface area contributed by atoms with Crippen molar-refractivity contribution >= 4 is 0 Å². The van der Waals surface area contributed by atoms with Gasteiger partial charge in [-0.05, 0) is 12.5 Å². The normalized spacial score (nSPS) is 32.3. The summed E-state index contributed by atoms with van der Waals surface area (Å²) in [6.07, 6.45) is 0. The van der Waals surface area contributed by atoms with Crippen LogP contribution in [0.1, 0.15) is 6.92 Å². The molecule has 2 aliphatic rings. The van der Waals surface area contributed by atoms with E-state index in [0.717, 1.165) is 59.0 Å². The third kappa shape index (κ3) is 4.17. The monoisotopic (exact) mass is 257 g/mol. The van der Waals surface area contributed by atoms with Crippen molar-refractivity contribution in [1.29, 1.82) is 0 Å².